The lowest BCUT2D eigenvalue weighted by Crippen LogP contribution is -1.95. The van der Waals surface area contributed by atoms with Crippen molar-refractivity contribution in [3.8, 4) is 11.5 Å². The van der Waals surface area contributed by atoms with E-state index in [1.54, 1.807) is 12.3 Å². The first-order valence-corrected chi connectivity index (χ1v) is 6.39. The molecular formula is C15H16N2O3. The van der Waals surface area contributed by atoms with Crippen molar-refractivity contribution in [1.29, 1.82) is 0 Å². The average molecular weight is 272 g/mol. The summed E-state index contributed by atoms with van der Waals surface area (Å²) >= 11 is 0. The minimum absolute atomic E-state index is 0.647. The molecule has 1 aromatic carbocycles. The summed E-state index contributed by atoms with van der Waals surface area (Å²) in [6, 6.07) is 7.21. The molecule has 1 N–H and O–H groups in total. The van der Waals surface area contributed by atoms with Gasteiger partial charge in [0, 0.05) is 12.6 Å². The lowest BCUT2D eigenvalue weighted by atomic mass is 10.2. The monoisotopic (exact) mass is 272 g/mol. The van der Waals surface area contributed by atoms with E-state index in [2.05, 4.69) is 12.0 Å². The Kier molecular flexibility index (Phi) is 4.55. The lowest BCUT2D eigenvalue weighted by Gasteiger charge is -2.03. The average Bonchev–Trinajstić information content (AvgIpc) is 2.85. The zero-order valence-electron chi connectivity index (χ0n) is 11.2. The van der Waals surface area contributed by atoms with Gasteiger partial charge in [0.15, 0.2) is 5.75 Å². The topological polar surface area (TPSA) is 64.3 Å². The molecule has 2 rings (SSSR count). The van der Waals surface area contributed by atoms with Gasteiger partial charge in [-0.05, 0) is 30.2 Å². The number of aryl methyl sites for hydroxylation is 1. The molecule has 0 fully saturated rings. The van der Waals surface area contributed by atoms with Gasteiger partial charge in [-0.3, -0.25) is 4.68 Å². The van der Waals surface area contributed by atoms with Crippen molar-refractivity contribution in [1.82, 2.24) is 9.78 Å². The molecule has 0 unspecified atom stereocenters. The quantitative estimate of drug-likeness (QED) is 0.820. The van der Waals surface area contributed by atoms with Gasteiger partial charge in [0.05, 0.1) is 12.4 Å². The first-order valence-electron chi connectivity index (χ1n) is 6.39. The highest BCUT2D eigenvalue weighted by atomic mass is 16.5. The normalized spacial score (nSPS) is 10.8. The molecule has 0 spiro atoms. The van der Waals surface area contributed by atoms with Crippen LogP contribution in [0.1, 0.15) is 18.9 Å². The largest absolute Gasteiger partial charge is 0.478 e. The molecular weight excluding hydrogens is 256 g/mol. The van der Waals surface area contributed by atoms with Crippen LogP contribution in [-0.4, -0.2) is 20.9 Å². The van der Waals surface area contributed by atoms with Crippen LogP contribution in [0.2, 0.25) is 0 Å². The van der Waals surface area contributed by atoms with Crippen molar-refractivity contribution >= 4 is 12.0 Å². The van der Waals surface area contributed by atoms with Gasteiger partial charge >= 0.3 is 5.97 Å². The van der Waals surface area contributed by atoms with Crippen LogP contribution in [0.4, 0.5) is 0 Å². The summed E-state index contributed by atoms with van der Waals surface area (Å²) in [5.41, 5.74) is 0.769. The molecule has 1 aromatic heterocycles. The van der Waals surface area contributed by atoms with Crippen molar-refractivity contribution in [3.05, 3.63) is 48.3 Å². The Morgan fingerprint density at radius 1 is 1.45 bits per heavy atom. The Balaban J connectivity index is 2.08. The Hall–Kier alpha value is -2.56. The molecule has 0 saturated carbocycles. The summed E-state index contributed by atoms with van der Waals surface area (Å²) < 4.78 is 7.51. The summed E-state index contributed by atoms with van der Waals surface area (Å²) in [5, 5.41) is 12.8. The number of carboxylic acids is 1. The fourth-order valence-corrected chi connectivity index (χ4v) is 1.73. The molecule has 5 heteroatoms. The third-order valence-electron chi connectivity index (χ3n) is 2.57. The minimum atomic E-state index is -0.975. The number of ether oxygens (including phenoxy) is 1. The summed E-state index contributed by atoms with van der Waals surface area (Å²) in [7, 11) is 0. The highest BCUT2D eigenvalue weighted by Crippen LogP contribution is 2.22. The van der Waals surface area contributed by atoms with Crippen LogP contribution >= 0.6 is 0 Å². The molecule has 20 heavy (non-hydrogen) atoms. The summed E-state index contributed by atoms with van der Waals surface area (Å²) in [5.74, 6) is 0.337. The number of rotatable bonds is 6. The van der Waals surface area contributed by atoms with Crippen LogP contribution < -0.4 is 4.74 Å². The molecule has 0 aliphatic carbocycles. The third kappa shape index (κ3) is 3.98. The molecule has 1 heterocycles. The SMILES string of the molecule is CCCn1cc(Oc2cccc(/C=C/C(=O)O)c2)cn1. The second-order valence-electron chi connectivity index (χ2n) is 4.29. The molecule has 104 valence electrons. The van der Waals surface area contributed by atoms with Gasteiger partial charge in [0.25, 0.3) is 0 Å². The first kappa shape index (κ1) is 13.9. The summed E-state index contributed by atoms with van der Waals surface area (Å²) in [4.78, 5) is 10.5. The van der Waals surface area contributed by atoms with Crippen LogP contribution in [0, 0.1) is 0 Å². The van der Waals surface area contributed by atoms with E-state index in [1.165, 1.54) is 6.08 Å². The molecule has 0 atom stereocenters. The molecule has 0 saturated heterocycles. The molecule has 0 amide bonds. The Labute approximate surface area is 117 Å². The predicted molar refractivity (Wildman–Crippen MR) is 75.7 cm³/mol. The molecule has 0 aliphatic heterocycles. The van der Waals surface area contributed by atoms with Gasteiger partial charge in [-0.15, -0.1) is 0 Å². The highest BCUT2D eigenvalue weighted by Gasteiger charge is 2.01. The van der Waals surface area contributed by atoms with Gasteiger partial charge in [-0.25, -0.2) is 4.79 Å². The number of carbonyl (C=O) groups is 1. The van der Waals surface area contributed by atoms with E-state index in [-0.39, 0.29) is 0 Å². The van der Waals surface area contributed by atoms with Crippen molar-refractivity contribution < 1.29 is 14.6 Å². The maximum absolute atomic E-state index is 10.5. The van der Waals surface area contributed by atoms with E-state index in [9.17, 15) is 4.79 Å². The van der Waals surface area contributed by atoms with Crippen molar-refractivity contribution in [2.75, 3.05) is 0 Å². The van der Waals surface area contributed by atoms with E-state index in [4.69, 9.17) is 9.84 Å². The molecule has 2 aromatic rings. The number of benzene rings is 1. The fraction of sp³-hybridized carbons (Fsp3) is 0.200. The van der Waals surface area contributed by atoms with Crippen LogP contribution in [0.5, 0.6) is 11.5 Å². The van der Waals surface area contributed by atoms with Gasteiger partial charge < -0.3 is 9.84 Å². The number of aliphatic carboxylic acids is 1. The van der Waals surface area contributed by atoms with E-state index < -0.39 is 5.97 Å². The van der Waals surface area contributed by atoms with Crippen molar-refractivity contribution in [3.63, 3.8) is 0 Å². The standard InChI is InChI=1S/C15H16N2O3/c1-2-8-17-11-14(10-16-17)20-13-5-3-4-12(9-13)6-7-15(18)19/h3-7,9-11H,2,8H2,1H3,(H,18,19)/b7-6+. The van der Waals surface area contributed by atoms with E-state index in [0.717, 1.165) is 24.6 Å². The summed E-state index contributed by atoms with van der Waals surface area (Å²) in [6.07, 6.45) is 7.13. The number of hydrogen-bond acceptors (Lipinski definition) is 3. The molecule has 5 nitrogen and oxygen atoms in total. The smallest absolute Gasteiger partial charge is 0.328 e. The first-order chi connectivity index (χ1) is 9.67. The Bertz CT molecular complexity index is 617. The maximum Gasteiger partial charge on any atom is 0.328 e. The van der Waals surface area contributed by atoms with Gasteiger partial charge in [-0.2, -0.15) is 5.10 Å². The van der Waals surface area contributed by atoms with Crippen molar-refractivity contribution in [2.24, 2.45) is 0 Å². The van der Waals surface area contributed by atoms with Gasteiger partial charge in [0.2, 0.25) is 0 Å². The van der Waals surface area contributed by atoms with Crippen molar-refractivity contribution in [2.45, 2.75) is 19.9 Å². The molecule has 0 bridgehead atoms. The van der Waals surface area contributed by atoms with Crippen LogP contribution in [0.15, 0.2) is 42.7 Å². The van der Waals surface area contributed by atoms with Crippen LogP contribution in [0.3, 0.4) is 0 Å². The summed E-state index contributed by atoms with van der Waals surface area (Å²) in [6.45, 7) is 2.94. The minimum Gasteiger partial charge on any atom is -0.478 e. The zero-order valence-corrected chi connectivity index (χ0v) is 11.2. The highest BCUT2D eigenvalue weighted by molar-refractivity contribution is 5.85. The third-order valence-corrected chi connectivity index (χ3v) is 2.57. The predicted octanol–water partition coefficient (Wildman–Crippen LogP) is 3.18. The van der Waals surface area contributed by atoms with Crippen LogP contribution in [-0.2, 0) is 11.3 Å². The number of aromatic nitrogens is 2. The number of nitrogens with zero attached hydrogens (tertiary/aromatic N) is 2. The Morgan fingerprint density at radius 2 is 2.30 bits per heavy atom. The maximum atomic E-state index is 10.5. The fourth-order valence-electron chi connectivity index (χ4n) is 1.73. The van der Waals surface area contributed by atoms with E-state index >= 15 is 0 Å². The van der Waals surface area contributed by atoms with Gasteiger partial charge in [-0.1, -0.05) is 19.1 Å². The second kappa shape index (κ2) is 6.56. The Morgan fingerprint density at radius 3 is 3.05 bits per heavy atom. The second-order valence-corrected chi connectivity index (χ2v) is 4.29. The van der Waals surface area contributed by atoms with E-state index in [1.807, 2.05) is 29.1 Å². The number of carboxylic acid groups (broad SMARTS) is 1. The van der Waals surface area contributed by atoms with Crippen LogP contribution in [0.25, 0.3) is 6.08 Å². The molecule has 0 radical (unpaired) electrons. The number of hydrogen-bond donors (Lipinski definition) is 1. The zero-order chi connectivity index (χ0) is 14.4. The van der Waals surface area contributed by atoms with E-state index in [0.29, 0.717) is 11.5 Å². The lowest BCUT2D eigenvalue weighted by molar-refractivity contribution is -0.131. The molecule has 0 aliphatic rings. The van der Waals surface area contributed by atoms with Gasteiger partial charge in [0.1, 0.15) is 5.75 Å².